The van der Waals surface area contributed by atoms with Gasteiger partial charge in [0.25, 0.3) is 11.8 Å². The molecule has 1 aliphatic heterocycles. The number of primary amides is 1. The molecule has 0 bridgehead atoms. The number of nitrogens with zero attached hydrogens (tertiary/aromatic N) is 4. The summed E-state index contributed by atoms with van der Waals surface area (Å²) in [6, 6.07) is 8.92. The Kier molecular flexibility index (Phi) is 9.04. The van der Waals surface area contributed by atoms with E-state index in [4.69, 9.17) is 27.5 Å². The molecule has 0 aliphatic carbocycles. The van der Waals surface area contributed by atoms with Crippen LogP contribution >= 0.6 is 11.6 Å². The van der Waals surface area contributed by atoms with Gasteiger partial charge in [-0.05, 0) is 58.2 Å². The Hall–Kier alpha value is -4.30. The highest BCUT2D eigenvalue weighted by Gasteiger charge is 2.45. The molecule has 1 fully saturated rings. The van der Waals surface area contributed by atoms with Crippen LogP contribution in [0.25, 0.3) is 0 Å². The predicted octanol–water partition coefficient (Wildman–Crippen LogP) is 3.24. The summed E-state index contributed by atoms with van der Waals surface area (Å²) in [6.45, 7) is 6.24. The highest BCUT2D eigenvalue weighted by Crippen LogP contribution is 2.43. The molecule has 2 atom stereocenters. The fraction of sp³-hybridized carbons (Fsp3) is 0.370. The average molecular weight is 552 g/mol. The van der Waals surface area contributed by atoms with E-state index in [0.29, 0.717) is 17.9 Å². The largest absolute Gasteiger partial charge is 0.431 e. The lowest BCUT2D eigenvalue weighted by atomic mass is 9.84. The Morgan fingerprint density at radius 2 is 2.08 bits per heavy atom. The number of amides is 3. The Bertz CT molecular complexity index is 1380. The first kappa shape index (κ1) is 29.3. The van der Waals surface area contributed by atoms with Gasteiger partial charge >= 0.3 is 0 Å². The van der Waals surface area contributed by atoms with E-state index in [1.807, 2.05) is 12.1 Å². The van der Waals surface area contributed by atoms with Crippen LogP contribution in [0.15, 0.2) is 42.3 Å². The van der Waals surface area contributed by atoms with Gasteiger partial charge in [-0.2, -0.15) is 5.26 Å². The summed E-state index contributed by atoms with van der Waals surface area (Å²) in [4.78, 5) is 47.7. The third-order valence-corrected chi connectivity index (χ3v) is 6.59. The summed E-state index contributed by atoms with van der Waals surface area (Å²) in [5.41, 5.74) is 5.51. The fourth-order valence-corrected chi connectivity index (χ4v) is 4.65. The fourth-order valence-electron chi connectivity index (χ4n) is 4.45. The van der Waals surface area contributed by atoms with E-state index in [9.17, 15) is 19.6 Å². The van der Waals surface area contributed by atoms with Crippen LogP contribution in [0.3, 0.4) is 0 Å². The third-order valence-electron chi connectivity index (χ3n) is 6.36. The quantitative estimate of drug-likeness (QED) is 0.243. The van der Waals surface area contributed by atoms with Gasteiger partial charge in [-0.15, -0.1) is 0 Å². The van der Waals surface area contributed by atoms with Crippen molar-refractivity contribution in [1.82, 2.24) is 20.2 Å². The number of carbonyl (C=O) groups is 3. The Balaban J connectivity index is 1.76. The number of hydrogen-bond acceptors (Lipinski definition) is 8. The first-order chi connectivity index (χ1) is 18.3. The molecule has 0 spiro atoms. The number of ether oxygens (including phenoxy) is 1. The first-order valence-corrected chi connectivity index (χ1v) is 12.6. The number of nitrogens with two attached hydrogens (primary N) is 1. The summed E-state index contributed by atoms with van der Waals surface area (Å²) >= 11 is 6.19. The average Bonchev–Trinajstić information content (AvgIpc) is 3.34. The van der Waals surface area contributed by atoms with E-state index < -0.39 is 17.2 Å². The molecule has 1 saturated heterocycles. The van der Waals surface area contributed by atoms with Crippen molar-refractivity contribution >= 4 is 35.0 Å². The number of halogens is 1. The van der Waals surface area contributed by atoms with Gasteiger partial charge in [0.2, 0.25) is 11.8 Å². The molecule has 2 heterocycles. The van der Waals surface area contributed by atoms with Crippen molar-refractivity contribution in [1.29, 1.82) is 10.7 Å². The van der Waals surface area contributed by atoms with E-state index in [0.717, 1.165) is 17.8 Å². The van der Waals surface area contributed by atoms with Crippen molar-refractivity contribution in [3.05, 3.63) is 64.3 Å². The minimum Gasteiger partial charge on any atom is -0.431 e. The number of likely N-dealkylation sites (tertiary alicyclic amines) is 1. The van der Waals surface area contributed by atoms with Crippen LogP contribution in [-0.2, 0) is 9.59 Å². The number of carbonyl (C=O) groups excluding carboxylic acids is 3. The van der Waals surface area contributed by atoms with Crippen LogP contribution in [0.4, 0.5) is 0 Å². The Morgan fingerprint density at radius 1 is 1.36 bits per heavy atom. The van der Waals surface area contributed by atoms with Crippen molar-refractivity contribution in [2.24, 2.45) is 11.1 Å². The molecule has 0 radical (unpaired) electrons. The highest BCUT2D eigenvalue weighted by atomic mass is 35.5. The molecule has 204 valence electrons. The molecule has 3 rings (SSSR count). The molecule has 12 heteroatoms. The Labute approximate surface area is 231 Å². The zero-order valence-electron chi connectivity index (χ0n) is 22.1. The maximum Gasteiger partial charge on any atom is 0.284 e. The lowest BCUT2D eigenvalue weighted by Crippen LogP contribution is -2.48. The van der Waals surface area contributed by atoms with Gasteiger partial charge in [-0.3, -0.25) is 14.4 Å². The van der Waals surface area contributed by atoms with Gasteiger partial charge in [0.15, 0.2) is 5.76 Å². The molecule has 2 aromatic rings. The smallest absolute Gasteiger partial charge is 0.284 e. The number of nitriles is 1. The minimum atomic E-state index is -0.890. The number of allylic oxidation sites excluding steroid dienone is 1. The molecule has 1 aromatic heterocycles. The standard InChI is InChI=1S/C27H30ClN7O4/c1-15(30)10-21(24(31)37)39-26-16(2)34-19(12-33-26)25(38)32-13-23(36)35-20(17-6-5-7-18(28)11-17)8-9-22(35)27(3,4)14-29/h5-7,10-12,20,22,30H,8-9,13H2,1-4H3,(H2,31,37)(H,32,38)/b21-10+,30-15?. The third kappa shape index (κ3) is 6.97. The second kappa shape index (κ2) is 12.0. The molecule has 11 nitrogen and oxygen atoms in total. The van der Waals surface area contributed by atoms with Crippen LogP contribution < -0.4 is 15.8 Å². The maximum atomic E-state index is 13.5. The lowest BCUT2D eigenvalue weighted by Gasteiger charge is -2.36. The van der Waals surface area contributed by atoms with Gasteiger partial charge in [0.1, 0.15) is 11.4 Å². The number of aryl methyl sites for hydroxylation is 1. The van der Waals surface area contributed by atoms with Gasteiger partial charge in [0.05, 0.1) is 36.3 Å². The van der Waals surface area contributed by atoms with Crippen LogP contribution in [0.5, 0.6) is 5.88 Å². The second-order valence-corrected chi connectivity index (χ2v) is 10.2. The van der Waals surface area contributed by atoms with Gasteiger partial charge in [-0.1, -0.05) is 23.7 Å². The van der Waals surface area contributed by atoms with Crippen molar-refractivity contribution in [3.8, 4) is 11.9 Å². The normalized spacial score (nSPS) is 17.3. The highest BCUT2D eigenvalue weighted by molar-refractivity contribution is 6.30. The molecule has 3 amide bonds. The number of benzene rings is 1. The van der Waals surface area contributed by atoms with E-state index >= 15 is 0 Å². The second-order valence-electron chi connectivity index (χ2n) is 9.78. The lowest BCUT2D eigenvalue weighted by molar-refractivity contribution is -0.134. The van der Waals surface area contributed by atoms with Crippen LogP contribution in [0.1, 0.15) is 61.4 Å². The molecule has 2 unspecified atom stereocenters. The van der Waals surface area contributed by atoms with Gasteiger partial charge < -0.3 is 26.1 Å². The van der Waals surface area contributed by atoms with Crippen LogP contribution in [0, 0.1) is 29.1 Å². The summed E-state index contributed by atoms with van der Waals surface area (Å²) in [7, 11) is 0. The molecule has 1 aliphatic rings. The summed E-state index contributed by atoms with van der Waals surface area (Å²) in [5.74, 6) is -2.23. The zero-order valence-corrected chi connectivity index (χ0v) is 22.9. The number of nitrogens with one attached hydrogen (secondary N) is 2. The van der Waals surface area contributed by atoms with Crippen molar-refractivity contribution in [3.63, 3.8) is 0 Å². The Morgan fingerprint density at radius 3 is 2.67 bits per heavy atom. The SMILES string of the molecule is CC(=N)/C=C(/Oc1ncc(C(=O)NCC(=O)N2C(c3cccc(Cl)c3)CCC2C(C)(C)C#N)nc1C)C(N)=O. The molecule has 39 heavy (non-hydrogen) atoms. The first-order valence-electron chi connectivity index (χ1n) is 12.2. The number of aromatic nitrogens is 2. The molecule has 1 aromatic carbocycles. The van der Waals surface area contributed by atoms with Gasteiger partial charge in [-0.25, -0.2) is 9.97 Å². The van der Waals surface area contributed by atoms with E-state index in [1.54, 1.807) is 30.9 Å². The van der Waals surface area contributed by atoms with E-state index in [-0.39, 0.29) is 53.3 Å². The predicted molar refractivity (Wildman–Crippen MR) is 144 cm³/mol. The van der Waals surface area contributed by atoms with Crippen molar-refractivity contribution in [2.45, 2.75) is 52.6 Å². The summed E-state index contributed by atoms with van der Waals surface area (Å²) in [5, 5.41) is 20.4. The summed E-state index contributed by atoms with van der Waals surface area (Å²) < 4.78 is 5.38. The van der Waals surface area contributed by atoms with Crippen molar-refractivity contribution < 1.29 is 19.1 Å². The van der Waals surface area contributed by atoms with Crippen LogP contribution in [0.2, 0.25) is 5.02 Å². The number of hydrogen-bond donors (Lipinski definition) is 3. The maximum absolute atomic E-state index is 13.5. The number of rotatable bonds is 9. The zero-order chi connectivity index (χ0) is 28.9. The summed E-state index contributed by atoms with van der Waals surface area (Å²) in [6.07, 6.45) is 3.57. The van der Waals surface area contributed by atoms with Gasteiger partial charge in [0, 0.05) is 16.8 Å². The van der Waals surface area contributed by atoms with Crippen molar-refractivity contribution in [2.75, 3.05) is 6.54 Å². The van der Waals surface area contributed by atoms with E-state index in [2.05, 4.69) is 21.4 Å². The minimum absolute atomic E-state index is 0.0473. The molecular formula is C27H30ClN7O4. The molecule has 0 saturated carbocycles. The topological polar surface area (TPSA) is 175 Å². The monoisotopic (exact) mass is 551 g/mol. The molecule has 4 N–H and O–H groups in total. The van der Waals surface area contributed by atoms with Crippen LogP contribution in [-0.4, -0.2) is 50.9 Å². The molecular weight excluding hydrogens is 522 g/mol. The van der Waals surface area contributed by atoms with E-state index in [1.165, 1.54) is 13.8 Å².